The van der Waals surface area contributed by atoms with Crippen LogP contribution >= 0.6 is 23.2 Å². The summed E-state index contributed by atoms with van der Waals surface area (Å²) in [6.07, 6.45) is 0.912. The van der Waals surface area contributed by atoms with Gasteiger partial charge in [-0.05, 0) is 35.7 Å². The largest absolute Gasteiger partial charge is 0.460 e. The Labute approximate surface area is 178 Å². The molecule has 0 bridgehead atoms. The predicted molar refractivity (Wildman–Crippen MR) is 110 cm³/mol. The molecule has 148 valence electrons. The number of rotatable bonds is 2. The van der Waals surface area contributed by atoms with Crippen LogP contribution < -0.4 is 5.73 Å². The maximum Gasteiger partial charge on any atom is 0.205 e. The first-order valence-corrected chi connectivity index (χ1v) is 9.85. The van der Waals surface area contributed by atoms with Gasteiger partial charge >= 0.3 is 0 Å². The summed E-state index contributed by atoms with van der Waals surface area (Å²) < 4.78 is 11.7. The summed E-state index contributed by atoms with van der Waals surface area (Å²) in [6.45, 7) is 4.00. The summed E-state index contributed by atoms with van der Waals surface area (Å²) in [7, 11) is 0. The van der Waals surface area contributed by atoms with E-state index in [4.69, 9.17) is 38.1 Å². The Bertz CT molecular complexity index is 1140. The highest BCUT2D eigenvalue weighted by Gasteiger charge is 2.44. The monoisotopic (exact) mass is 428 g/mol. The number of allylic oxidation sites excluding steroid dienone is 3. The van der Waals surface area contributed by atoms with Crippen molar-refractivity contribution in [2.45, 2.75) is 32.6 Å². The van der Waals surface area contributed by atoms with Crippen LogP contribution in [0.15, 0.2) is 57.5 Å². The van der Waals surface area contributed by atoms with Gasteiger partial charge in [0.05, 0.1) is 10.9 Å². The van der Waals surface area contributed by atoms with Gasteiger partial charge in [0, 0.05) is 29.0 Å². The first-order valence-electron chi connectivity index (χ1n) is 9.09. The molecule has 1 unspecified atom stereocenters. The molecule has 0 saturated carbocycles. The molecule has 2 heterocycles. The van der Waals surface area contributed by atoms with Crippen molar-refractivity contribution in [1.29, 1.82) is 5.26 Å². The number of nitrogens with two attached hydrogens (primary N) is 1. The molecule has 1 aliphatic carbocycles. The van der Waals surface area contributed by atoms with E-state index in [1.54, 1.807) is 30.3 Å². The van der Waals surface area contributed by atoms with E-state index in [2.05, 4.69) is 6.07 Å². The van der Waals surface area contributed by atoms with Gasteiger partial charge in [0.2, 0.25) is 5.88 Å². The molecule has 1 atom stereocenters. The van der Waals surface area contributed by atoms with Crippen LogP contribution in [0.3, 0.4) is 0 Å². The third-order valence-corrected chi connectivity index (χ3v) is 5.75. The van der Waals surface area contributed by atoms with Gasteiger partial charge in [0.1, 0.15) is 28.9 Å². The van der Waals surface area contributed by atoms with E-state index in [1.165, 1.54) is 0 Å². The smallest absolute Gasteiger partial charge is 0.205 e. The van der Waals surface area contributed by atoms with Crippen molar-refractivity contribution < 1.29 is 13.9 Å². The lowest BCUT2D eigenvalue weighted by Crippen LogP contribution is -2.33. The number of hydrogen-bond acceptors (Lipinski definition) is 5. The molecule has 0 amide bonds. The van der Waals surface area contributed by atoms with Crippen molar-refractivity contribution in [3.63, 3.8) is 0 Å². The van der Waals surface area contributed by atoms with Gasteiger partial charge in [-0.15, -0.1) is 0 Å². The molecular formula is C22H18Cl2N2O3. The molecule has 29 heavy (non-hydrogen) atoms. The normalized spacial score (nSPS) is 20.9. The van der Waals surface area contributed by atoms with Gasteiger partial charge in [0.15, 0.2) is 5.78 Å². The summed E-state index contributed by atoms with van der Waals surface area (Å²) in [5.74, 6) is 0.645. The van der Waals surface area contributed by atoms with E-state index in [0.717, 1.165) is 0 Å². The van der Waals surface area contributed by atoms with Crippen molar-refractivity contribution in [3.8, 4) is 17.4 Å². The highest BCUT2D eigenvalue weighted by Crippen LogP contribution is 2.48. The van der Waals surface area contributed by atoms with E-state index in [9.17, 15) is 10.1 Å². The van der Waals surface area contributed by atoms with Crippen LogP contribution in [0.5, 0.6) is 0 Å². The van der Waals surface area contributed by atoms with E-state index in [1.807, 2.05) is 13.8 Å². The summed E-state index contributed by atoms with van der Waals surface area (Å²) in [5, 5.41) is 10.7. The highest BCUT2D eigenvalue weighted by molar-refractivity contribution is 6.35. The zero-order valence-corrected chi connectivity index (χ0v) is 17.4. The van der Waals surface area contributed by atoms with Crippen molar-refractivity contribution in [2.75, 3.05) is 0 Å². The van der Waals surface area contributed by atoms with Crippen LogP contribution in [0.1, 0.15) is 38.4 Å². The number of Topliss-reactive ketones (excluding diaryl/α,β-unsaturated/α-hetero) is 1. The van der Waals surface area contributed by atoms with Crippen molar-refractivity contribution >= 4 is 29.0 Å². The number of nitrogens with zero attached hydrogens (tertiary/aromatic N) is 1. The molecule has 7 heteroatoms. The van der Waals surface area contributed by atoms with Gasteiger partial charge in [0.25, 0.3) is 0 Å². The summed E-state index contributed by atoms with van der Waals surface area (Å²) in [6, 6.07) is 10.6. The molecule has 1 aromatic heterocycles. The van der Waals surface area contributed by atoms with Gasteiger partial charge in [-0.2, -0.15) is 5.26 Å². The molecule has 5 nitrogen and oxygen atoms in total. The van der Waals surface area contributed by atoms with Crippen LogP contribution in [0.2, 0.25) is 10.0 Å². The molecule has 2 N–H and O–H groups in total. The number of hydrogen-bond donors (Lipinski definition) is 1. The minimum absolute atomic E-state index is 0.000452. The second-order valence-electron chi connectivity index (χ2n) is 8.03. The second kappa shape index (κ2) is 6.98. The highest BCUT2D eigenvalue weighted by atomic mass is 35.5. The van der Waals surface area contributed by atoms with Crippen molar-refractivity contribution in [3.05, 3.63) is 68.9 Å². The Hall–Kier alpha value is -2.68. The molecule has 0 spiro atoms. The fraction of sp³-hybridized carbons (Fsp3) is 0.273. The van der Waals surface area contributed by atoms with Crippen LogP contribution in [0.4, 0.5) is 0 Å². The van der Waals surface area contributed by atoms with Gasteiger partial charge < -0.3 is 14.9 Å². The topological polar surface area (TPSA) is 89.2 Å². The Morgan fingerprint density at radius 3 is 2.69 bits per heavy atom. The van der Waals surface area contributed by atoms with Crippen LogP contribution in [-0.4, -0.2) is 5.78 Å². The van der Waals surface area contributed by atoms with Gasteiger partial charge in [-0.25, -0.2) is 0 Å². The average Bonchev–Trinajstić information content (AvgIpc) is 3.11. The lowest BCUT2D eigenvalue weighted by molar-refractivity contribution is -0.119. The van der Waals surface area contributed by atoms with Crippen molar-refractivity contribution in [2.24, 2.45) is 11.1 Å². The van der Waals surface area contributed by atoms with Crippen molar-refractivity contribution in [1.82, 2.24) is 0 Å². The molecule has 1 aliphatic heterocycles. The third-order valence-electron chi connectivity index (χ3n) is 5.18. The van der Waals surface area contributed by atoms with E-state index >= 15 is 0 Å². The Morgan fingerprint density at radius 1 is 1.21 bits per heavy atom. The number of carbonyl (C=O) groups is 1. The Morgan fingerprint density at radius 2 is 1.97 bits per heavy atom. The molecule has 4 rings (SSSR count). The summed E-state index contributed by atoms with van der Waals surface area (Å²) >= 11 is 12.4. The van der Waals surface area contributed by atoms with E-state index < -0.39 is 5.92 Å². The molecule has 2 aromatic rings. The minimum Gasteiger partial charge on any atom is -0.460 e. The molecule has 0 fully saturated rings. The van der Waals surface area contributed by atoms with Gasteiger partial charge in [-0.1, -0.05) is 37.0 Å². The summed E-state index contributed by atoms with van der Waals surface area (Å²) in [4.78, 5) is 13.0. The summed E-state index contributed by atoms with van der Waals surface area (Å²) in [5.41, 5.74) is 7.01. The molecule has 0 saturated heterocycles. The Balaban J connectivity index is 1.84. The number of nitriles is 1. The molecule has 2 aliphatic rings. The predicted octanol–water partition coefficient (Wildman–Crippen LogP) is 5.70. The first kappa shape index (κ1) is 19.6. The number of carbonyl (C=O) groups excluding carboxylic acids is 1. The number of ether oxygens (including phenoxy) is 1. The SMILES string of the molecule is CC1(C)CC(=O)C2=C(C1)OC(N)=C(C#N)C2c1ccc(-c2cc(Cl)ccc2Cl)o1. The number of ketones is 1. The molecule has 1 aromatic carbocycles. The van der Waals surface area contributed by atoms with Crippen LogP contribution in [0, 0.1) is 16.7 Å². The molecular weight excluding hydrogens is 411 g/mol. The minimum atomic E-state index is -0.709. The number of halogens is 2. The fourth-order valence-electron chi connectivity index (χ4n) is 3.91. The quantitative estimate of drug-likeness (QED) is 0.661. The number of benzene rings is 1. The van der Waals surface area contributed by atoms with Gasteiger partial charge in [-0.3, -0.25) is 4.79 Å². The average molecular weight is 429 g/mol. The maximum atomic E-state index is 13.0. The standard InChI is InChI=1S/C22H18Cl2N2O3/c1-22(2)8-15(27)20-18(9-22)29-21(26)13(10-25)19(20)17-6-5-16(28-17)12-7-11(23)3-4-14(12)24/h3-7,19H,8-9,26H2,1-2H3. The fourth-order valence-corrected chi connectivity index (χ4v) is 4.29. The zero-order chi connectivity index (χ0) is 20.9. The number of furan rings is 1. The van der Waals surface area contributed by atoms with E-state index in [-0.39, 0.29) is 22.7 Å². The second-order valence-corrected chi connectivity index (χ2v) is 8.87. The third kappa shape index (κ3) is 3.43. The lowest BCUT2D eigenvalue weighted by atomic mass is 9.71. The Kier molecular flexibility index (Phi) is 4.72. The zero-order valence-electron chi connectivity index (χ0n) is 15.9. The van der Waals surface area contributed by atoms with E-state index in [0.29, 0.717) is 51.3 Å². The van der Waals surface area contributed by atoms with Crippen LogP contribution in [-0.2, 0) is 9.53 Å². The molecule has 0 radical (unpaired) electrons. The maximum absolute atomic E-state index is 13.0. The first-order chi connectivity index (χ1) is 13.7. The van der Waals surface area contributed by atoms with Crippen LogP contribution in [0.25, 0.3) is 11.3 Å². The lowest BCUT2D eigenvalue weighted by Gasteiger charge is -2.36.